The van der Waals surface area contributed by atoms with Crippen LogP contribution in [0.3, 0.4) is 0 Å². The number of nitrogens with zero attached hydrogens (tertiary/aromatic N) is 2. The van der Waals surface area contributed by atoms with E-state index in [1.54, 1.807) is 0 Å². The van der Waals surface area contributed by atoms with Crippen LogP contribution in [0.4, 0.5) is 17.1 Å². The fourth-order valence-electron chi connectivity index (χ4n) is 11.6. The first-order chi connectivity index (χ1) is 33.7. The van der Waals surface area contributed by atoms with Crippen LogP contribution >= 0.6 is 0 Å². The quantitative estimate of drug-likeness (QED) is 0.159. The Morgan fingerprint density at radius 2 is 0.956 bits per heavy atom. The van der Waals surface area contributed by atoms with Crippen molar-refractivity contribution in [2.24, 2.45) is 0 Å². The second-order valence-corrected chi connectivity index (χ2v) is 18.0. The van der Waals surface area contributed by atoms with Gasteiger partial charge in [-0.15, -0.1) is 0 Å². The van der Waals surface area contributed by atoms with Gasteiger partial charge in [0, 0.05) is 55.9 Å². The molecule has 0 aliphatic heterocycles. The number of aromatic nitrogens is 1. The molecule has 0 unspecified atom stereocenters. The van der Waals surface area contributed by atoms with Gasteiger partial charge in [0.2, 0.25) is 0 Å². The van der Waals surface area contributed by atoms with E-state index in [9.17, 15) is 0 Å². The van der Waals surface area contributed by atoms with Crippen LogP contribution in [-0.4, -0.2) is 4.57 Å². The van der Waals surface area contributed by atoms with Crippen LogP contribution in [0.25, 0.3) is 82.5 Å². The Bertz CT molecular complexity index is 4030. The molecule has 0 spiro atoms. The van der Waals surface area contributed by atoms with Gasteiger partial charge in [-0.25, -0.2) is 0 Å². The van der Waals surface area contributed by atoms with E-state index < -0.39 is 5.41 Å². The van der Waals surface area contributed by atoms with E-state index in [0.717, 1.165) is 66.7 Å². The minimum atomic E-state index is -0.482. The Morgan fingerprint density at radius 3 is 1.71 bits per heavy atom. The summed E-state index contributed by atoms with van der Waals surface area (Å²) >= 11 is 0. The van der Waals surface area contributed by atoms with Gasteiger partial charge in [0.05, 0.1) is 16.4 Å². The number of anilines is 3. The third-order valence-electron chi connectivity index (χ3n) is 14.4. The molecule has 1 aliphatic rings. The normalized spacial score (nSPS) is 12.8. The van der Waals surface area contributed by atoms with E-state index in [-0.39, 0.29) is 0 Å². The van der Waals surface area contributed by atoms with Crippen LogP contribution in [0.2, 0.25) is 0 Å². The number of hydrogen-bond acceptors (Lipinski definition) is 2. The van der Waals surface area contributed by atoms with Crippen molar-refractivity contribution in [2.75, 3.05) is 4.90 Å². The molecule has 13 aromatic rings. The third-order valence-corrected chi connectivity index (χ3v) is 14.4. The number of furan rings is 1. The summed E-state index contributed by atoms with van der Waals surface area (Å²) in [6.45, 7) is 0. The highest BCUT2D eigenvalue weighted by molar-refractivity contribution is 6.27. The van der Waals surface area contributed by atoms with Gasteiger partial charge >= 0.3 is 0 Å². The first-order valence-corrected chi connectivity index (χ1v) is 23.4. The molecule has 2 aromatic heterocycles. The van der Waals surface area contributed by atoms with E-state index >= 15 is 0 Å². The molecule has 0 N–H and O–H groups in total. The summed E-state index contributed by atoms with van der Waals surface area (Å²) in [5, 5.41) is 6.99. The van der Waals surface area contributed by atoms with Crippen molar-refractivity contribution >= 4 is 71.6 Å². The zero-order valence-electron chi connectivity index (χ0n) is 37.1. The summed E-state index contributed by atoms with van der Waals surface area (Å²) in [7, 11) is 0. The Labute approximate surface area is 394 Å². The molecule has 0 fully saturated rings. The van der Waals surface area contributed by atoms with Gasteiger partial charge in [-0.1, -0.05) is 188 Å². The van der Waals surface area contributed by atoms with Crippen LogP contribution in [0.1, 0.15) is 22.3 Å². The van der Waals surface area contributed by atoms with Crippen molar-refractivity contribution in [2.45, 2.75) is 5.41 Å². The summed E-state index contributed by atoms with van der Waals surface area (Å²) in [5.41, 5.74) is 17.8. The van der Waals surface area contributed by atoms with Crippen molar-refractivity contribution in [3.63, 3.8) is 0 Å². The summed E-state index contributed by atoms with van der Waals surface area (Å²) in [6.07, 6.45) is 0. The molecule has 2 heterocycles. The lowest BCUT2D eigenvalue weighted by Gasteiger charge is -2.34. The van der Waals surface area contributed by atoms with Crippen molar-refractivity contribution in [1.29, 1.82) is 0 Å². The number of rotatable bonds is 7. The molecular formula is C65H42N2O. The molecule has 318 valence electrons. The zero-order chi connectivity index (χ0) is 44.8. The molecule has 14 rings (SSSR count). The van der Waals surface area contributed by atoms with E-state index in [4.69, 9.17) is 4.42 Å². The Morgan fingerprint density at radius 1 is 0.368 bits per heavy atom. The summed E-state index contributed by atoms with van der Waals surface area (Å²) in [6, 6.07) is 93.0. The number of fused-ring (bicyclic) bond motifs is 10. The van der Waals surface area contributed by atoms with Gasteiger partial charge < -0.3 is 13.9 Å². The molecule has 0 bridgehead atoms. The Kier molecular flexibility index (Phi) is 8.50. The second kappa shape index (κ2) is 15.1. The van der Waals surface area contributed by atoms with E-state index in [2.05, 4.69) is 264 Å². The van der Waals surface area contributed by atoms with Crippen molar-refractivity contribution < 1.29 is 4.42 Å². The lowest BCUT2D eigenvalue weighted by molar-refractivity contribution is 0.669. The fraction of sp³-hybridized carbons (Fsp3) is 0.0154. The van der Waals surface area contributed by atoms with Crippen LogP contribution in [0.15, 0.2) is 259 Å². The lowest BCUT2D eigenvalue weighted by atomic mass is 9.68. The molecule has 3 heteroatoms. The fourth-order valence-corrected chi connectivity index (χ4v) is 11.6. The first-order valence-electron chi connectivity index (χ1n) is 23.4. The highest BCUT2D eigenvalue weighted by Crippen LogP contribution is 2.56. The molecule has 11 aromatic carbocycles. The molecule has 0 radical (unpaired) electrons. The van der Waals surface area contributed by atoms with E-state index in [0.29, 0.717) is 0 Å². The number of hydrogen-bond donors (Lipinski definition) is 0. The molecule has 0 saturated carbocycles. The van der Waals surface area contributed by atoms with Gasteiger partial charge in [0.1, 0.15) is 11.2 Å². The minimum Gasteiger partial charge on any atom is -0.456 e. The standard InChI is InChI=1S/C65H42N2O/c1-4-19-44(20-5-1)62-63-55-41-51(38-39-58(55)67(50-35-32-43-18-10-11-21-45(43)40-50)59(63)42-61-64(62)54-28-14-17-31-60(54)68-61)66(48-24-8-3-9-25-48)49-36-33-47(34-37-49)65(46-22-6-2-7-23-46)56-29-15-12-26-52(56)53-27-13-16-30-57(53)65/h1-42H. The van der Waals surface area contributed by atoms with Gasteiger partial charge in [-0.2, -0.15) is 0 Å². The maximum Gasteiger partial charge on any atom is 0.138 e. The lowest BCUT2D eigenvalue weighted by Crippen LogP contribution is -2.28. The van der Waals surface area contributed by atoms with Crippen molar-refractivity contribution in [3.8, 4) is 27.9 Å². The molecule has 1 aliphatic carbocycles. The van der Waals surface area contributed by atoms with Crippen molar-refractivity contribution in [1.82, 2.24) is 4.57 Å². The smallest absolute Gasteiger partial charge is 0.138 e. The topological polar surface area (TPSA) is 21.3 Å². The molecular weight excluding hydrogens is 825 g/mol. The number of para-hydroxylation sites is 2. The van der Waals surface area contributed by atoms with E-state index in [1.807, 2.05) is 0 Å². The predicted octanol–water partition coefficient (Wildman–Crippen LogP) is 17.3. The predicted molar refractivity (Wildman–Crippen MR) is 283 cm³/mol. The molecule has 0 amide bonds. The van der Waals surface area contributed by atoms with Crippen LogP contribution in [0.5, 0.6) is 0 Å². The minimum absolute atomic E-state index is 0.482. The average molecular weight is 867 g/mol. The maximum atomic E-state index is 6.76. The summed E-state index contributed by atoms with van der Waals surface area (Å²) in [5.74, 6) is 0. The van der Waals surface area contributed by atoms with E-state index in [1.165, 1.54) is 55.1 Å². The Hall–Kier alpha value is -8.92. The molecule has 3 nitrogen and oxygen atoms in total. The summed E-state index contributed by atoms with van der Waals surface area (Å²) < 4.78 is 9.19. The molecule has 0 saturated heterocycles. The monoisotopic (exact) mass is 866 g/mol. The highest BCUT2D eigenvalue weighted by Gasteiger charge is 2.45. The van der Waals surface area contributed by atoms with Gasteiger partial charge in [-0.3, -0.25) is 0 Å². The average Bonchev–Trinajstić information content (AvgIpc) is 4.05. The SMILES string of the molecule is c1ccc(-c2c3c(cc4c2c2cc(N(c5ccccc5)c5ccc(C6(c7ccccc7)c7ccccc7-c7ccccc76)cc5)ccc2n4-c2ccc4ccccc4c2)oc2ccccc23)cc1. The maximum absolute atomic E-state index is 6.76. The van der Waals surface area contributed by atoms with Gasteiger partial charge in [0.25, 0.3) is 0 Å². The van der Waals surface area contributed by atoms with Crippen molar-refractivity contribution in [3.05, 3.63) is 277 Å². The van der Waals surface area contributed by atoms with Gasteiger partial charge in [-0.05, 0) is 110 Å². The molecule has 0 atom stereocenters. The van der Waals surface area contributed by atoms with Crippen LogP contribution in [0, 0.1) is 0 Å². The second-order valence-electron chi connectivity index (χ2n) is 18.0. The highest BCUT2D eigenvalue weighted by atomic mass is 16.3. The van der Waals surface area contributed by atoms with Crippen LogP contribution < -0.4 is 4.90 Å². The molecule has 68 heavy (non-hydrogen) atoms. The Balaban J connectivity index is 1.03. The third kappa shape index (κ3) is 5.60. The van der Waals surface area contributed by atoms with Gasteiger partial charge in [0.15, 0.2) is 0 Å². The first kappa shape index (κ1) is 38.4. The number of benzene rings is 11. The van der Waals surface area contributed by atoms with Crippen LogP contribution in [-0.2, 0) is 5.41 Å². The zero-order valence-corrected chi connectivity index (χ0v) is 37.1. The largest absolute Gasteiger partial charge is 0.456 e. The summed E-state index contributed by atoms with van der Waals surface area (Å²) in [4.78, 5) is 2.40.